The third-order valence-electron chi connectivity index (χ3n) is 2.65. The van der Waals surface area contributed by atoms with Crippen molar-refractivity contribution in [3.63, 3.8) is 0 Å². The largest absolute Gasteiger partial charge is 0.397 e. The number of halogens is 1. The molecule has 0 spiro atoms. The average molecular weight is 321 g/mol. The Morgan fingerprint density at radius 3 is 2.74 bits per heavy atom. The highest BCUT2D eigenvalue weighted by Gasteiger charge is 2.08. The number of carbonyl (C=O) groups is 1. The van der Waals surface area contributed by atoms with Gasteiger partial charge in [0.15, 0.2) is 0 Å². The molecule has 2 aromatic rings. The minimum atomic E-state index is -0.574. The van der Waals surface area contributed by atoms with Gasteiger partial charge >= 0.3 is 0 Å². The third kappa shape index (κ3) is 3.03. The lowest BCUT2D eigenvalue weighted by Gasteiger charge is -2.10. The van der Waals surface area contributed by atoms with Crippen LogP contribution in [-0.4, -0.2) is 10.9 Å². The number of amides is 1. The van der Waals surface area contributed by atoms with Crippen molar-refractivity contribution >= 4 is 39.0 Å². The van der Waals surface area contributed by atoms with E-state index in [4.69, 9.17) is 11.5 Å². The van der Waals surface area contributed by atoms with Gasteiger partial charge in [0.1, 0.15) is 5.82 Å². The lowest BCUT2D eigenvalue weighted by Crippen LogP contribution is -2.14. The van der Waals surface area contributed by atoms with Crippen molar-refractivity contribution in [3.05, 3.63) is 46.1 Å². The van der Waals surface area contributed by atoms with Crippen LogP contribution in [0.15, 0.2) is 34.9 Å². The van der Waals surface area contributed by atoms with E-state index >= 15 is 0 Å². The Labute approximate surface area is 119 Å². The van der Waals surface area contributed by atoms with Gasteiger partial charge in [-0.2, -0.15) is 0 Å². The molecule has 1 aromatic heterocycles. The lowest BCUT2D eigenvalue weighted by molar-refractivity contribution is 0.100. The summed E-state index contributed by atoms with van der Waals surface area (Å²) < 4.78 is 0.999. The standard InChI is InChI=1S/C13H13BrN4O/c1-7-4-8(14)2-3-11(7)18-12-5-9(13(16)19)10(15)6-17-12/h2-6H,15H2,1H3,(H2,16,19)(H,17,18). The minimum Gasteiger partial charge on any atom is -0.397 e. The van der Waals surface area contributed by atoms with E-state index in [1.165, 1.54) is 6.20 Å². The maximum Gasteiger partial charge on any atom is 0.250 e. The van der Waals surface area contributed by atoms with Crippen molar-refractivity contribution in [2.45, 2.75) is 6.92 Å². The lowest BCUT2D eigenvalue weighted by atomic mass is 10.2. The highest BCUT2D eigenvalue weighted by atomic mass is 79.9. The van der Waals surface area contributed by atoms with Crippen molar-refractivity contribution in [3.8, 4) is 0 Å². The predicted octanol–water partition coefficient (Wildman–Crippen LogP) is 2.58. The average Bonchev–Trinajstić information content (AvgIpc) is 2.34. The summed E-state index contributed by atoms with van der Waals surface area (Å²) in [4.78, 5) is 15.3. The van der Waals surface area contributed by atoms with E-state index in [9.17, 15) is 4.79 Å². The number of carbonyl (C=O) groups excluding carboxylic acids is 1. The molecule has 1 aromatic carbocycles. The topological polar surface area (TPSA) is 94.0 Å². The number of hydrogen-bond acceptors (Lipinski definition) is 4. The fourth-order valence-corrected chi connectivity index (χ4v) is 2.13. The number of nitrogens with one attached hydrogen (secondary N) is 1. The summed E-state index contributed by atoms with van der Waals surface area (Å²) in [5, 5.41) is 3.13. The minimum absolute atomic E-state index is 0.257. The molecule has 0 aliphatic heterocycles. The number of aromatic nitrogens is 1. The molecular weight excluding hydrogens is 308 g/mol. The molecule has 98 valence electrons. The van der Waals surface area contributed by atoms with Crippen LogP contribution in [0, 0.1) is 6.92 Å². The number of rotatable bonds is 3. The molecular formula is C13H13BrN4O. The Morgan fingerprint density at radius 2 is 2.11 bits per heavy atom. The maximum absolute atomic E-state index is 11.2. The number of nitrogens with two attached hydrogens (primary N) is 2. The molecule has 0 bridgehead atoms. The molecule has 0 unspecified atom stereocenters. The molecule has 6 heteroatoms. The van der Waals surface area contributed by atoms with Crippen LogP contribution in [0.5, 0.6) is 0 Å². The van der Waals surface area contributed by atoms with Crippen LogP contribution < -0.4 is 16.8 Å². The molecule has 0 atom stereocenters. The number of hydrogen-bond donors (Lipinski definition) is 3. The van der Waals surface area contributed by atoms with Crippen molar-refractivity contribution in [2.24, 2.45) is 5.73 Å². The molecule has 0 radical (unpaired) electrons. The van der Waals surface area contributed by atoms with Gasteiger partial charge in [-0.05, 0) is 36.8 Å². The molecule has 19 heavy (non-hydrogen) atoms. The summed E-state index contributed by atoms with van der Waals surface area (Å²) in [5.41, 5.74) is 13.4. The molecule has 0 aliphatic carbocycles. The third-order valence-corrected chi connectivity index (χ3v) is 3.14. The van der Waals surface area contributed by atoms with Crippen LogP contribution in [0.1, 0.15) is 15.9 Å². The molecule has 1 amide bonds. The van der Waals surface area contributed by atoms with Gasteiger partial charge in [-0.1, -0.05) is 15.9 Å². The van der Waals surface area contributed by atoms with Gasteiger partial charge < -0.3 is 16.8 Å². The van der Waals surface area contributed by atoms with E-state index in [1.54, 1.807) is 6.07 Å². The zero-order valence-electron chi connectivity index (χ0n) is 10.3. The van der Waals surface area contributed by atoms with Crippen molar-refractivity contribution < 1.29 is 4.79 Å². The molecule has 2 rings (SSSR count). The maximum atomic E-state index is 11.2. The number of aryl methyl sites for hydroxylation is 1. The highest BCUT2D eigenvalue weighted by molar-refractivity contribution is 9.10. The second-order valence-corrected chi connectivity index (χ2v) is 5.02. The van der Waals surface area contributed by atoms with E-state index in [2.05, 4.69) is 26.2 Å². The normalized spacial score (nSPS) is 10.2. The second kappa shape index (κ2) is 5.27. The molecule has 0 saturated carbocycles. The van der Waals surface area contributed by atoms with Crippen LogP contribution in [0.4, 0.5) is 17.2 Å². The Hall–Kier alpha value is -2.08. The predicted molar refractivity (Wildman–Crippen MR) is 79.3 cm³/mol. The first kappa shape index (κ1) is 13.4. The molecule has 5 N–H and O–H groups in total. The van der Waals surface area contributed by atoms with Crippen LogP contribution in [0.2, 0.25) is 0 Å². The first-order valence-corrected chi connectivity index (χ1v) is 6.35. The van der Waals surface area contributed by atoms with Gasteiger partial charge in [0.2, 0.25) is 0 Å². The summed E-state index contributed by atoms with van der Waals surface area (Å²) in [6.45, 7) is 1.97. The molecule has 5 nitrogen and oxygen atoms in total. The fourth-order valence-electron chi connectivity index (χ4n) is 1.65. The van der Waals surface area contributed by atoms with Gasteiger partial charge in [-0.15, -0.1) is 0 Å². The molecule has 1 heterocycles. The smallest absolute Gasteiger partial charge is 0.250 e. The Balaban J connectivity index is 2.33. The molecule has 0 aliphatic rings. The van der Waals surface area contributed by atoms with Gasteiger partial charge in [0.05, 0.1) is 17.4 Å². The number of pyridine rings is 1. The number of primary amides is 1. The summed E-state index contributed by atoms with van der Waals surface area (Å²) in [7, 11) is 0. The van der Waals surface area contributed by atoms with Crippen molar-refractivity contribution in [1.82, 2.24) is 4.98 Å². The Bertz CT molecular complexity index is 643. The number of anilines is 3. The van der Waals surface area contributed by atoms with E-state index < -0.39 is 5.91 Å². The zero-order chi connectivity index (χ0) is 14.0. The van der Waals surface area contributed by atoms with E-state index in [-0.39, 0.29) is 11.3 Å². The van der Waals surface area contributed by atoms with Gasteiger partial charge in [-0.25, -0.2) is 4.98 Å². The monoisotopic (exact) mass is 320 g/mol. The Kier molecular flexibility index (Phi) is 3.71. The summed E-state index contributed by atoms with van der Waals surface area (Å²) in [6, 6.07) is 7.36. The van der Waals surface area contributed by atoms with E-state index in [1.807, 2.05) is 25.1 Å². The SMILES string of the molecule is Cc1cc(Br)ccc1Nc1cc(C(N)=O)c(N)cn1. The van der Waals surface area contributed by atoms with Gasteiger partial charge in [0, 0.05) is 10.2 Å². The van der Waals surface area contributed by atoms with Crippen LogP contribution >= 0.6 is 15.9 Å². The van der Waals surface area contributed by atoms with Gasteiger partial charge in [-0.3, -0.25) is 4.79 Å². The Morgan fingerprint density at radius 1 is 1.37 bits per heavy atom. The first-order valence-electron chi connectivity index (χ1n) is 5.56. The summed E-state index contributed by atoms with van der Waals surface area (Å²) in [5.74, 6) is -0.0519. The summed E-state index contributed by atoms with van der Waals surface area (Å²) >= 11 is 3.40. The molecule has 0 fully saturated rings. The van der Waals surface area contributed by atoms with E-state index in [0.717, 1.165) is 15.7 Å². The zero-order valence-corrected chi connectivity index (χ0v) is 11.9. The number of nitrogens with zero attached hydrogens (tertiary/aromatic N) is 1. The van der Waals surface area contributed by atoms with Gasteiger partial charge in [0.25, 0.3) is 5.91 Å². The molecule has 0 saturated heterocycles. The first-order chi connectivity index (χ1) is 8.97. The van der Waals surface area contributed by atoms with Crippen molar-refractivity contribution in [1.29, 1.82) is 0 Å². The second-order valence-electron chi connectivity index (χ2n) is 4.11. The van der Waals surface area contributed by atoms with Crippen LogP contribution in [0.3, 0.4) is 0 Å². The van der Waals surface area contributed by atoms with Crippen LogP contribution in [-0.2, 0) is 0 Å². The van der Waals surface area contributed by atoms with Crippen molar-refractivity contribution in [2.75, 3.05) is 11.1 Å². The quantitative estimate of drug-likeness (QED) is 0.810. The highest BCUT2D eigenvalue weighted by Crippen LogP contribution is 2.24. The van der Waals surface area contributed by atoms with E-state index in [0.29, 0.717) is 5.82 Å². The fraction of sp³-hybridized carbons (Fsp3) is 0.0769. The van der Waals surface area contributed by atoms with Crippen LogP contribution in [0.25, 0.3) is 0 Å². The number of nitrogen functional groups attached to an aromatic ring is 1. The summed E-state index contributed by atoms with van der Waals surface area (Å²) in [6.07, 6.45) is 1.41. The number of benzene rings is 1.